The van der Waals surface area contributed by atoms with Crippen LogP contribution in [0, 0.1) is 5.92 Å². The molecular weight excluding hydrogens is 270 g/mol. The van der Waals surface area contributed by atoms with E-state index < -0.39 is 0 Å². The Morgan fingerprint density at radius 1 is 1.43 bits per heavy atom. The van der Waals surface area contributed by atoms with Gasteiger partial charge in [-0.25, -0.2) is 4.79 Å². The number of hydrogen-bond donors (Lipinski definition) is 2. The summed E-state index contributed by atoms with van der Waals surface area (Å²) < 4.78 is 1.42. The van der Waals surface area contributed by atoms with Crippen LogP contribution in [0.5, 0.6) is 0 Å². The van der Waals surface area contributed by atoms with Crippen molar-refractivity contribution >= 4 is 11.7 Å². The molecule has 2 amide bonds. The molecular formula is C15H23N3O3. The van der Waals surface area contributed by atoms with Crippen LogP contribution in [0.2, 0.25) is 0 Å². The molecule has 1 aliphatic carbocycles. The summed E-state index contributed by atoms with van der Waals surface area (Å²) in [5, 5.41) is 12.7. The predicted octanol–water partition coefficient (Wildman–Crippen LogP) is 1.40. The average molecular weight is 293 g/mol. The molecule has 0 spiro atoms. The van der Waals surface area contributed by atoms with E-state index in [4.69, 9.17) is 0 Å². The van der Waals surface area contributed by atoms with E-state index in [2.05, 4.69) is 5.32 Å². The zero-order valence-electron chi connectivity index (χ0n) is 12.6. The van der Waals surface area contributed by atoms with E-state index in [9.17, 15) is 14.7 Å². The molecule has 0 radical (unpaired) electrons. The molecule has 0 bridgehead atoms. The first-order valence-electron chi connectivity index (χ1n) is 7.34. The number of urea groups is 1. The number of carbonyl (C=O) groups is 1. The summed E-state index contributed by atoms with van der Waals surface area (Å²) in [6.07, 6.45) is 5.22. The fraction of sp³-hybridized carbons (Fsp3) is 0.600. The largest absolute Gasteiger partial charge is 0.393 e. The fourth-order valence-corrected chi connectivity index (χ4v) is 2.72. The smallest absolute Gasteiger partial charge is 0.321 e. The summed E-state index contributed by atoms with van der Waals surface area (Å²) in [4.78, 5) is 25.0. The molecule has 2 unspecified atom stereocenters. The van der Waals surface area contributed by atoms with Gasteiger partial charge in [0.05, 0.1) is 11.8 Å². The van der Waals surface area contributed by atoms with Gasteiger partial charge in [0, 0.05) is 38.8 Å². The summed E-state index contributed by atoms with van der Waals surface area (Å²) in [7, 11) is 3.36. The lowest BCUT2D eigenvalue weighted by Gasteiger charge is -2.31. The highest BCUT2D eigenvalue weighted by molar-refractivity contribution is 5.88. The molecule has 0 aromatic carbocycles. The normalized spacial score (nSPS) is 21.9. The molecule has 1 saturated carbocycles. The summed E-state index contributed by atoms with van der Waals surface area (Å²) in [5.74, 6) is 0.148. The van der Waals surface area contributed by atoms with Gasteiger partial charge in [0.15, 0.2) is 0 Å². The predicted molar refractivity (Wildman–Crippen MR) is 81.3 cm³/mol. The highest BCUT2D eigenvalue weighted by Gasteiger charge is 2.25. The molecule has 1 aromatic rings. The second kappa shape index (κ2) is 6.76. The molecule has 6 nitrogen and oxygen atoms in total. The Bertz CT molecular complexity index is 555. The van der Waals surface area contributed by atoms with Crippen molar-refractivity contribution in [2.75, 3.05) is 18.9 Å². The zero-order chi connectivity index (χ0) is 15.4. The molecule has 21 heavy (non-hydrogen) atoms. The molecule has 2 N–H and O–H groups in total. The van der Waals surface area contributed by atoms with Crippen LogP contribution in [0.1, 0.15) is 25.7 Å². The number of hydrogen-bond acceptors (Lipinski definition) is 3. The maximum atomic E-state index is 12.1. The minimum atomic E-state index is -0.313. The minimum Gasteiger partial charge on any atom is -0.393 e. The second-order valence-corrected chi connectivity index (χ2v) is 5.79. The van der Waals surface area contributed by atoms with E-state index in [1.165, 1.54) is 10.6 Å². The molecule has 2 atom stereocenters. The molecule has 1 aromatic heterocycles. The van der Waals surface area contributed by atoms with Crippen molar-refractivity contribution in [3.05, 3.63) is 28.7 Å². The first-order valence-corrected chi connectivity index (χ1v) is 7.34. The number of aromatic nitrogens is 1. The van der Waals surface area contributed by atoms with Crippen LogP contribution >= 0.6 is 0 Å². The molecule has 116 valence electrons. The van der Waals surface area contributed by atoms with Crippen molar-refractivity contribution in [2.24, 2.45) is 13.0 Å². The fourth-order valence-electron chi connectivity index (χ4n) is 2.72. The number of aryl methyl sites for hydroxylation is 1. The number of aliphatic hydroxyl groups is 1. The Kier molecular flexibility index (Phi) is 5.01. The summed E-state index contributed by atoms with van der Waals surface area (Å²) >= 11 is 0. The Labute approximate surface area is 124 Å². The van der Waals surface area contributed by atoms with Gasteiger partial charge < -0.3 is 19.9 Å². The number of carbonyl (C=O) groups excluding carboxylic acids is 1. The van der Waals surface area contributed by atoms with Gasteiger partial charge >= 0.3 is 6.03 Å². The molecule has 0 saturated heterocycles. The van der Waals surface area contributed by atoms with Gasteiger partial charge in [-0.15, -0.1) is 0 Å². The van der Waals surface area contributed by atoms with Crippen LogP contribution in [0.4, 0.5) is 10.5 Å². The maximum absolute atomic E-state index is 12.1. The van der Waals surface area contributed by atoms with Crippen LogP contribution in [0.15, 0.2) is 23.1 Å². The van der Waals surface area contributed by atoms with Gasteiger partial charge in [-0.1, -0.05) is 12.8 Å². The van der Waals surface area contributed by atoms with E-state index in [1.54, 1.807) is 31.3 Å². The van der Waals surface area contributed by atoms with E-state index in [1.807, 2.05) is 0 Å². The number of aliphatic hydroxyl groups excluding tert-OH is 1. The standard InChI is InChI=1S/C15H23N3O3/c1-17-10-12(7-8-14(17)20)16-15(21)18(2)9-11-5-3-4-6-13(11)19/h7-8,10-11,13,19H,3-6,9H2,1-2H3,(H,16,21). The third-order valence-corrected chi connectivity index (χ3v) is 4.06. The summed E-state index contributed by atoms with van der Waals surface area (Å²) in [6.45, 7) is 0.540. The van der Waals surface area contributed by atoms with Crippen molar-refractivity contribution in [2.45, 2.75) is 31.8 Å². The molecule has 0 aliphatic heterocycles. The highest BCUT2D eigenvalue weighted by atomic mass is 16.3. The first kappa shape index (κ1) is 15.6. The first-order chi connectivity index (χ1) is 9.97. The van der Waals surface area contributed by atoms with Crippen LogP contribution in [0.3, 0.4) is 0 Å². The van der Waals surface area contributed by atoms with Crippen molar-refractivity contribution < 1.29 is 9.90 Å². The molecule has 1 aliphatic rings. The van der Waals surface area contributed by atoms with Gasteiger partial charge in [0.1, 0.15) is 0 Å². The Hall–Kier alpha value is -1.82. The molecule has 1 fully saturated rings. The minimum absolute atomic E-state index is 0.119. The van der Waals surface area contributed by atoms with Crippen LogP contribution in [0.25, 0.3) is 0 Å². The van der Waals surface area contributed by atoms with Crippen LogP contribution in [-0.4, -0.2) is 40.3 Å². The lowest BCUT2D eigenvalue weighted by atomic mass is 9.86. The van der Waals surface area contributed by atoms with E-state index in [0.29, 0.717) is 12.2 Å². The number of nitrogens with one attached hydrogen (secondary N) is 1. The van der Waals surface area contributed by atoms with Gasteiger partial charge in [-0.3, -0.25) is 4.79 Å². The number of rotatable bonds is 3. The lowest BCUT2D eigenvalue weighted by Crippen LogP contribution is -2.40. The van der Waals surface area contributed by atoms with Gasteiger partial charge in [-0.05, 0) is 18.9 Å². The van der Waals surface area contributed by atoms with Crippen molar-refractivity contribution in [3.8, 4) is 0 Å². The summed E-state index contributed by atoms with van der Waals surface area (Å²) in [5.41, 5.74) is 0.463. The molecule has 6 heteroatoms. The average Bonchev–Trinajstić information content (AvgIpc) is 2.45. The summed E-state index contributed by atoms with van der Waals surface area (Å²) in [6, 6.07) is 2.77. The van der Waals surface area contributed by atoms with Crippen LogP contribution in [-0.2, 0) is 7.05 Å². The third-order valence-electron chi connectivity index (χ3n) is 4.06. The third kappa shape index (κ3) is 4.07. The van der Waals surface area contributed by atoms with Gasteiger partial charge in [0.2, 0.25) is 5.56 Å². The number of nitrogens with zero attached hydrogens (tertiary/aromatic N) is 2. The van der Waals surface area contributed by atoms with E-state index >= 15 is 0 Å². The highest BCUT2D eigenvalue weighted by Crippen LogP contribution is 2.25. The maximum Gasteiger partial charge on any atom is 0.321 e. The van der Waals surface area contributed by atoms with E-state index in [0.717, 1.165) is 25.7 Å². The Morgan fingerprint density at radius 2 is 2.14 bits per heavy atom. The van der Waals surface area contributed by atoms with Crippen molar-refractivity contribution in [3.63, 3.8) is 0 Å². The number of amides is 2. The zero-order valence-corrected chi connectivity index (χ0v) is 12.6. The quantitative estimate of drug-likeness (QED) is 0.884. The Morgan fingerprint density at radius 3 is 2.81 bits per heavy atom. The van der Waals surface area contributed by atoms with Gasteiger partial charge in [-0.2, -0.15) is 0 Å². The SMILES string of the molecule is CN(CC1CCCCC1O)C(=O)Nc1ccc(=O)n(C)c1. The van der Waals surface area contributed by atoms with Gasteiger partial charge in [0.25, 0.3) is 0 Å². The molecule has 1 heterocycles. The Balaban J connectivity index is 1.92. The monoisotopic (exact) mass is 293 g/mol. The van der Waals surface area contributed by atoms with E-state index in [-0.39, 0.29) is 23.6 Å². The van der Waals surface area contributed by atoms with Crippen LogP contribution < -0.4 is 10.9 Å². The van der Waals surface area contributed by atoms with Crippen molar-refractivity contribution in [1.82, 2.24) is 9.47 Å². The molecule has 2 rings (SSSR count). The second-order valence-electron chi connectivity index (χ2n) is 5.79. The number of pyridine rings is 1. The van der Waals surface area contributed by atoms with Crippen molar-refractivity contribution in [1.29, 1.82) is 0 Å². The number of anilines is 1. The lowest BCUT2D eigenvalue weighted by molar-refractivity contribution is 0.0575. The topological polar surface area (TPSA) is 74.6 Å².